The minimum absolute atomic E-state index is 0.340. The highest BCUT2D eigenvalue weighted by Gasteiger charge is 2.25. The molecule has 2 heterocycles. The summed E-state index contributed by atoms with van der Waals surface area (Å²) in [7, 11) is 0. The van der Waals surface area contributed by atoms with E-state index in [1.54, 1.807) is 12.3 Å². The number of carbonyl (C=O) groups excluding carboxylic acids is 1. The van der Waals surface area contributed by atoms with Crippen molar-refractivity contribution in [2.75, 3.05) is 6.61 Å². The van der Waals surface area contributed by atoms with Crippen molar-refractivity contribution in [3.05, 3.63) is 58.2 Å². The van der Waals surface area contributed by atoms with Gasteiger partial charge in [0.25, 0.3) is 0 Å². The number of pyridine rings is 1. The van der Waals surface area contributed by atoms with E-state index in [0.29, 0.717) is 30.5 Å². The third-order valence-electron chi connectivity index (χ3n) is 3.82. The zero-order valence-electron chi connectivity index (χ0n) is 12.7. The van der Waals surface area contributed by atoms with Crippen molar-refractivity contribution in [2.24, 2.45) is 0 Å². The van der Waals surface area contributed by atoms with E-state index in [0.717, 1.165) is 16.7 Å². The monoisotopic (exact) mass is 332 g/mol. The average molecular weight is 333 g/mol. The Bertz CT molecular complexity index is 721. The summed E-state index contributed by atoms with van der Waals surface area (Å²) < 4.78 is 11.0. The molecule has 120 valence electrons. The van der Waals surface area contributed by atoms with Crippen LogP contribution in [0.5, 0.6) is 5.88 Å². The third kappa shape index (κ3) is 3.56. The second kappa shape index (κ2) is 6.87. The fourth-order valence-corrected chi connectivity index (χ4v) is 2.69. The lowest BCUT2D eigenvalue weighted by molar-refractivity contribution is 0.0676. The van der Waals surface area contributed by atoms with Gasteiger partial charge in [-0.25, -0.2) is 9.78 Å². The Hall–Kier alpha value is -2.27. The molecule has 1 aliphatic rings. The quantitative estimate of drug-likeness (QED) is 0.928. The van der Waals surface area contributed by atoms with Crippen molar-refractivity contribution >= 4 is 17.7 Å². The number of hydrogen-bond acceptors (Lipinski definition) is 4. The molecule has 1 atom stereocenters. The molecular weight excluding hydrogens is 316 g/mol. The Labute approximate surface area is 139 Å². The topological polar surface area (TPSA) is 60.5 Å². The molecule has 1 aromatic heterocycles. The molecule has 0 aliphatic carbocycles. The standard InChI is InChI=1S/C17H17ClN2O3/c1-11-12(4-2-6-14(11)18)10-20-17(21)23-15-7-9-22-16-13(15)5-3-8-19-16/h2-6,8,15H,7,9-10H2,1H3,(H,20,21). The zero-order valence-corrected chi connectivity index (χ0v) is 13.5. The lowest BCUT2D eigenvalue weighted by Crippen LogP contribution is -2.28. The number of alkyl carbamates (subject to hydrolysis) is 1. The van der Waals surface area contributed by atoms with E-state index in [1.807, 2.05) is 31.2 Å². The zero-order chi connectivity index (χ0) is 16.2. The molecule has 6 heteroatoms. The van der Waals surface area contributed by atoms with Crippen molar-refractivity contribution in [3.63, 3.8) is 0 Å². The molecule has 1 aromatic carbocycles. The number of benzene rings is 1. The molecule has 0 radical (unpaired) electrons. The number of rotatable bonds is 3. The summed E-state index contributed by atoms with van der Waals surface area (Å²) >= 11 is 6.08. The lowest BCUT2D eigenvalue weighted by Gasteiger charge is -2.24. The number of hydrogen-bond donors (Lipinski definition) is 1. The second-order valence-corrected chi connectivity index (χ2v) is 5.71. The maximum absolute atomic E-state index is 12.1. The second-order valence-electron chi connectivity index (χ2n) is 5.31. The maximum atomic E-state index is 12.1. The van der Waals surface area contributed by atoms with Gasteiger partial charge in [0.2, 0.25) is 5.88 Å². The first-order valence-electron chi connectivity index (χ1n) is 7.41. The molecule has 0 saturated heterocycles. The number of aromatic nitrogens is 1. The fraction of sp³-hybridized carbons (Fsp3) is 0.294. The van der Waals surface area contributed by atoms with Crippen LogP contribution in [-0.4, -0.2) is 17.7 Å². The van der Waals surface area contributed by atoms with Crippen LogP contribution in [0, 0.1) is 6.92 Å². The fourth-order valence-electron chi connectivity index (χ4n) is 2.49. The van der Waals surface area contributed by atoms with E-state index >= 15 is 0 Å². The van der Waals surface area contributed by atoms with E-state index in [2.05, 4.69) is 10.3 Å². The number of carbonyl (C=O) groups is 1. The normalized spacial score (nSPS) is 16.2. The molecular formula is C17H17ClN2O3. The molecule has 1 amide bonds. The van der Waals surface area contributed by atoms with E-state index in [4.69, 9.17) is 21.1 Å². The number of nitrogens with zero attached hydrogens (tertiary/aromatic N) is 1. The van der Waals surface area contributed by atoms with Crippen molar-refractivity contribution in [1.82, 2.24) is 10.3 Å². The minimum Gasteiger partial charge on any atom is -0.477 e. The predicted molar refractivity (Wildman–Crippen MR) is 86.6 cm³/mol. The summed E-state index contributed by atoms with van der Waals surface area (Å²) in [5.41, 5.74) is 2.71. The van der Waals surface area contributed by atoms with Gasteiger partial charge in [0, 0.05) is 24.2 Å². The van der Waals surface area contributed by atoms with Crippen LogP contribution in [0.3, 0.4) is 0 Å². The van der Waals surface area contributed by atoms with Gasteiger partial charge in [-0.05, 0) is 36.2 Å². The Balaban J connectivity index is 1.61. The summed E-state index contributed by atoms with van der Waals surface area (Å²) in [6.07, 6.45) is 1.46. The Kier molecular flexibility index (Phi) is 4.67. The summed E-state index contributed by atoms with van der Waals surface area (Å²) in [4.78, 5) is 16.2. The SMILES string of the molecule is Cc1c(Cl)cccc1CNC(=O)OC1CCOc2ncccc21. The van der Waals surface area contributed by atoms with Crippen LogP contribution in [0.25, 0.3) is 0 Å². The maximum Gasteiger partial charge on any atom is 0.408 e. The molecule has 0 bridgehead atoms. The van der Waals surface area contributed by atoms with Gasteiger partial charge in [-0.2, -0.15) is 0 Å². The molecule has 1 N–H and O–H groups in total. The largest absolute Gasteiger partial charge is 0.477 e. The van der Waals surface area contributed by atoms with Crippen LogP contribution in [0.15, 0.2) is 36.5 Å². The van der Waals surface area contributed by atoms with Crippen LogP contribution >= 0.6 is 11.6 Å². The van der Waals surface area contributed by atoms with Crippen molar-refractivity contribution in [1.29, 1.82) is 0 Å². The summed E-state index contributed by atoms with van der Waals surface area (Å²) in [6, 6.07) is 9.27. The van der Waals surface area contributed by atoms with Gasteiger partial charge in [0.15, 0.2) is 0 Å². The third-order valence-corrected chi connectivity index (χ3v) is 4.23. The first kappa shape index (κ1) is 15.6. The Morgan fingerprint density at radius 2 is 2.30 bits per heavy atom. The molecule has 2 aromatic rings. The van der Waals surface area contributed by atoms with Gasteiger partial charge in [0.05, 0.1) is 12.2 Å². The van der Waals surface area contributed by atoms with Gasteiger partial charge < -0.3 is 14.8 Å². The van der Waals surface area contributed by atoms with E-state index < -0.39 is 6.09 Å². The molecule has 23 heavy (non-hydrogen) atoms. The van der Waals surface area contributed by atoms with E-state index in [1.165, 1.54) is 0 Å². The van der Waals surface area contributed by atoms with Crippen molar-refractivity contribution in [3.8, 4) is 5.88 Å². The molecule has 0 spiro atoms. The van der Waals surface area contributed by atoms with Gasteiger partial charge >= 0.3 is 6.09 Å². The number of nitrogens with one attached hydrogen (secondary N) is 1. The first-order valence-corrected chi connectivity index (χ1v) is 7.79. The number of amides is 1. The highest BCUT2D eigenvalue weighted by Crippen LogP contribution is 2.32. The van der Waals surface area contributed by atoms with Crippen molar-refractivity contribution < 1.29 is 14.3 Å². The summed E-state index contributed by atoms with van der Waals surface area (Å²) in [6.45, 7) is 2.77. The molecule has 5 nitrogen and oxygen atoms in total. The van der Waals surface area contributed by atoms with Gasteiger partial charge in [0.1, 0.15) is 6.10 Å². The molecule has 3 rings (SSSR count). The van der Waals surface area contributed by atoms with Gasteiger partial charge in [-0.1, -0.05) is 23.7 Å². The van der Waals surface area contributed by atoms with Crippen LogP contribution in [-0.2, 0) is 11.3 Å². The average Bonchev–Trinajstić information content (AvgIpc) is 2.56. The highest BCUT2D eigenvalue weighted by molar-refractivity contribution is 6.31. The minimum atomic E-state index is -0.467. The first-order chi connectivity index (χ1) is 11.1. The van der Waals surface area contributed by atoms with Crippen LogP contribution in [0.4, 0.5) is 4.79 Å². The Morgan fingerprint density at radius 1 is 1.43 bits per heavy atom. The van der Waals surface area contributed by atoms with Crippen molar-refractivity contribution in [2.45, 2.75) is 26.0 Å². The predicted octanol–water partition coefficient (Wildman–Crippen LogP) is 3.79. The summed E-state index contributed by atoms with van der Waals surface area (Å²) in [5.74, 6) is 0.530. The molecule has 0 saturated carbocycles. The van der Waals surface area contributed by atoms with Crippen LogP contribution in [0.1, 0.15) is 29.2 Å². The van der Waals surface area contributed by atoms with E-state index in [-0.39, 0.29) is 6.10 Å². The number of ether oxygens (including phenoxy) is 2. The molecule has 0 fully saturated rings. The smallest absolute Gasteiger partial charge is 0.408 e. The highest BCUT2D eigenvalue weighted by atomic mass is 35.5. The lowest BCUT2D eigenvalue weighted by atomic mass is 10.1. The van der Waals surface area contributed by atoms with Gasteiger partial charge in [-0.3, -0.25) is 0 Å². The summed E-state index contributed by atoms with van der Waals surface area (Å²) in [5, 5.41) is 3.45. The van der Waals surface area contributed by atoms with E-state index in [9.17, 15) is 4.79 Å². The molecule has 1 unspecified atom stereocenters. The molecule has 1 aliphatic heterocycles. The van der Waals surface area contributed by atoms with Gasteiger partial charge in [-0.15, -0.1) is 0 Å². The van der Waals surface area contributed by atoms with Crippen LogP contribution in [0.2, 0.25) is 5.02 Å². The number of halogens is 1. The number of fused-ring (bicyclic) bond motifs is 1. The Morgan fingerprint density at radius 3 is 3.17 bits per heavy atom. The van der Waals surface area contributed by atoms with Crippen LogP contribution < -0.4 is 10.1 Å².